The van der Waals surface area contributed by atoms with E-state index in [1.807, 2.05) is 48.5 Å². The maximum Gasteiger partial charge on any atom is 0.249 e. The number of H-pyrrole nitrogens is 1. The quantitative estimate of drug-likeness (QED) is 0.518. The van der Waals surface area contributed by atoms with Gasteiger partial charge in [-0.15, -0.1) is 0 Å². The lowest BCUT2D eigenvalue weighted by atomic mass is 9.97. The van der Waals surface area contributed by atoms with Crippen LogP contribution in [-0.2, 0) is 0 Å². The first kappa shape index (κ1) is 15.4. The van der Waals surface area contributed by atoms with Gasteiger partial charge in [0.1, 0.15) is 5.65 Å². The lowest BCUT2D eigenvalue weighted by molar-refractivity contribution is 1.23. The van der Waals surface area contributed by atoms with E-state index in [4.69, 9.17) is 4.98 Å². The van der Waals surface area contributed by atoms with Crippen LogP contribution >= 0.6 is 0 Å². The maximum atomic E-state index is 11.7. The van der Waals surface area contributed by atoms with E-state index in [9.17, 15) is 4.79 Å². The third-order valence-corrected chi connectivity index (χ3v) is 4.54. The van der Waals surface area contributed by atoms with Crippen molar-refractivity contribution in [2.45, 2.75) is 0 Å². The smallest absolute Gasteiger partial charge is 0.249 e. The summed E-state index contributed by atoms with van der Waals surface area (Å²) in [6.07, 6.45) is 3.37. The fourth-order valence-corrected chi connectivity index (χ4v) is 3.25. The van der Waals surface area contributed by atoms with Crippen LogP contribution in [0.2, 0.25) is 0 Å². The summed E-state index contributed by atoms with van der Waals surface area (Å²) in [5.74, 6) is 0. The summed E-state index contributed by atoms with van der Waals surface area (Å²) in [4.78, 5) is 28.1. The predicted octanol–water partition coefficient (Wildman–Crippen LogP) is 4.20. The number of hydrogen-bond donors (Lipinski definition) is 1. The molecule has 2 aromatic carbocycles. The highest BCUT2D eigenvalue weighted by molar-refractivity contribution is 5.92. The van der Waals surface area contributed by atoms with Gasteiger partial charge in [0.2, 0.25) is 5.56 Å². The number of rotatable bonds is 2. The zero-order chi connectivity index (χ0) is 18.2. The van der Waals surface area contributed by atoms with Crippen LogP contribution in [0.5, 0.6) is 0 Å². The Bertz CT molecular complexity index is 1340. The molecule has 0 spiro atoms. The van der Waals surface area contributed by atoms with E-state index in [0.29, 0.717) is 5.65 Å². The Balaban J connectivity index is 1.83. The third-order valence-electron chi connectivity index (χ3n) is 4.54. The molecule has 27 heavy (non-hydrogen) atoms. The SMILES string of the molecule is O=c1ccc2cc(-c3ccc4nccnc4c3)c(-c3ccccc3)nc2[nH]1. The number of aromatic amines is 1. The monoisotopic (exact) mass is 350 g/mol. The van der Waals surface area contributed by atoms with Crippen LogP contribution in [0.15, 0.2) is 83.9 Å². The third kappa shape index (κ3) is 2.75. The zero-order valence-electron chi connectivity index (χ0n) is 14.3. The highest BCUT2D eigenvalue weighted by atomic mass is 16.1. The highest BCUT2D eigenvalue weighted by Crippen LogP contribution is 2.33. The van der Waals surface area contributed by atoms with Crippen molar-refractivity contribution in [3.8, 4) is 22.4 Å². The van der Waals surface area contributed by atoms with Crippen LogP contribution in [0.25, 0.3) is 44.5 Å². The number of aromatic nitrogens is 4. The Hall–Kier alpha value is -3.86. The molecule has 0 radical (unpaired) electrons. The summed E-state index contributed by atoms with van der Waals surface area (Å²) in [6, 6.07) is 21.3. The molecule has 0 aliphatic heterocycles. The van der Waals surface area contributed by atoms with Gasteiger partial charge in [-0.25, -0.2) is 4.98 Å². The largest absolute Gasteiger partial charge is 0.307 e. The molecule has 0 fully saturated rings. The summed E-state index contributed by atoms with van der Waals surface area (Å²) in [6.45, 7) is 0. The molecular formula is C22H14N4O. The molecule has 3 heterocycles. The molecule has 0 unspecified atom stereocenters. The summed E-state index contributed by atoms with van der Waals surface area (Å²) >= 11 is 0. The molecule has 0 saturated heterocycles. The molecule has 0 bridgehead atoms. The topological polar surface area (TPSA) is 71.5 Å². The van der Waals surface area contributed by atoms with E-state index in [1.165, 1.54) is 6.07 Å². The Labute approximate surface area is 154 Å². The van der Waals surface area contributed by atoms with Gasteiger partial charge in [-0.2, -0.15) is 0 Å². The van der Waals surface area contributed by atoms with E-state index < -0.39 is 0 Å². The second-order valence-corrected chi connectivity index (χ2v) is 6.27. The molecule has 5 heteroatoms. The van der Waals surface area contributed by atoms with E-state index in [0.717, 1.165) is 38.8 Å². The minimum atomic E-state index is -0.164. The second kappa shape index (κ2) is 6.14. The molecule has 0 amide bonds. The van der Waals surface area contributed by atoms with Crippen molar-refractivity contribution in [1.29, 1.82) is 0 Å². The van der Waals surface area contributed by atoms with Crippen molar-refractivity contribution in [1.82, 2.24) is 19.9 Å². The predicted molar refractivity (Wildman–Crippen MR) is 106 cm³/mol. The van der Waals surface area contributed by atoms with Gasteiger partial charge in [-0.05, 0) is 29.8 Å². The van der Waals surface area contributed by atoms with Gasteiger partial charge in [-0.3, -0.25) is 14.8 Å². The van der Waals surface area contributed by atoms with Crippen molar-refractivity contribution >= 4 is 22.1 Å². The molecule has 128 valence electrons. The summed E-state index contributed by atoms with van der Waals surface area (Å²) in [5, 5.41) is 0.878. The van der Waals surface area contributed by atoms with Crippen molar-refractivity contribution in [2.75, 3.05) is 0 Å². The van der Waals surface area contributed by atoms with Crippen LogP contribution in [0, 0.1) is 0 Å². The first-order chi connectivity index (χ1) is 13.3. The van der Waals surface area contributed by atoms with Crippen LogP contribution < -0.4 is 5.56 Å². The Morgan fingerprint density at radius 2 is 1.56 bits per heavy atom. The molecule has 0 atom stereocenters. The van der Waals surface area contributed by atoms with Gasteiger partial charge >= 0.3 is 0 Å². The molecular weight excluding hydrogens is 336 g/mol. The van der Waals surface area contributed by atoms with Gasteiger partial charge < -0.3 is 4.98 Å². The zero-order valence-corrected chi connectivity index (χ0v) is 14.3. The first-order valence-electron chi connectivity index (χ1n) is 8.59. The molecule has 0 aliphatic carbocycles. The van der Waals surface area contributed by atoms with E-state index in [-0.39, 0.29) is 5.56 Å². The molecule has 1 N–H and O–H groups in total. The Morgan fingerprint density at radius 1 is 0.741 bits per heavy atom. The minimum absolute atomic E-state index is 0.164. The average Bonchev–Trinajstić information content (AvgIpc) is 2.73. The number of hydrogen-bond acceptors (Lipinski definition) is 4. The van der Waals surface area contributed by atoms with Gasteiger partial charge in [-0.1, -0.05) is 36.4 Å². The first-order valence-corrected chi connectivity index (χ1v) is 8.59. The fourth-order valence-electron chi connectivity index (χ4n) is 3.25. The summed E-state index contributed by atoms with van der Waals surface area (Å²) < 4.78 is 0. The van der Waals surface area contributed by atoms with Crippen molar-refractivity contribution in [2.24, 2.45) is 0 Å². The molecule has 3 aromatic heterocycles. The van der Waals surface area contributed by atoms with Gasteiger partial charge in [0.15, 0.2) is 0 Å². The molecule has 5 aromatic rings. The number of nitrogens with one attached hydrogen (secondary N) is 1. The van der Waals surface area contributed by atoms with E-state index in [2.05, 4.69) is 21.0 Å². The molecule has 5 nitrogen and oxygen atoms in total. The number of fused-ring (bicyclic) bond motifs is 2. The van der Waals surface area contributed by atoms with Crippen molar-refractivity contribution < 1.29 is 0 Å². The van der Waals surface area contributed by atoms with Crippen LogP contribution in [0.3, 0.4) is 0 Å². The standard InChI is InChI=1S/C22H14N4O/c27-20-9-7-16-12-17(15-6-8-18-19(13-15)24-11-10-23-18)21(26-22(16)25-20)14-4-2-1-3-5-14/h1-13H,(H,25,26,27). The normalized spacial score (nSPS) is 11.1. The van der Waals surface area contributed by atoms with Crippen molar-refractivity contribution in [3.63, 3.8) is 0 Å². The van der Waals surface area contributed by atoms with E-state index >= 15 is 0 Å². The van der Waals surface area contributed by atoms with Gasteiger partial charge in [0.05, 0.1) is 16.7 Å². The Morgan fingerprint density at radius 3 is 2.41 bits per heavy atom. The average molecular weight is 350 g/mol. The lowest BCUT2D eigenvalue weighted by Crippen LogP contribution is -2.04. The highest BCUT2D eigenvalue weighted by Gasteiger charge is 2.12. The van der Waals surface area contributed by atoms with Crippen molar-refractivity contribution in [3.05, 3.63) is 89.5 Å². The van der Waals surface area contributed by atoms with Gasteiger partial charge in [0.25, 0.3) is 0 Å². The van der Waals surface area contributed by atoms with Crippen LogP contribution in [0.4, 0.5) is 0 Å². The minimum Gasteiger partial charge on any atom is -0.307 e. The van der Waals surface area contributed by atoms with Crippen LogP contribution in [-0.4, -0.2) is 19.9 Å². The molecule has 0 aliphatic rings. The van der Waals surface area contributed by atoms with Gasteiger partial charge in [0, 0.05) is 35.0 Å². The molecule has 0 saturated carbocycles. The lowest BCUT2D eigenvalue weighted by Gasteiger charge is -2.12. The molecule has 5 rings (SSSR count). The van der Waals surface area contributed by atoms with Crippen LogP contribution in [0.1, 0.15) is 0 Å². The number of benzene rings is 2. The van der Waals surface area contributed by atoms with E-state index in [1.54, 1.807) is 18.5 Å². The number of nitrogens with zero attached hydrogens (tertiary/aromatic N) is 3. The maximum absolute atomic E-state index is 11.7. The summed E-state index contributed by atoms with van der Waals surface area (Å²) in [7, 11) is 0. The fraction of sp³-hybridized carbons (Fsp3) is 0. The number of pyridine rings is 2. The second-order valence-electron chi connectivity index (χ2n) is 6.27. The summed E-state index contributed by atoms with van der Waals surface area (Å²) in [5.41, 5.74) is 5.87. The Kier molecular flexibility index (Phi) is 3.50.